The minimum absolute atomic E-state index is 0.120. The first-order valence-electron chi connectivity index (χ1n) is 8.97. The van der Waals surface area contributed by atoms with Gasteiger partial charge < -0.3 is 5.32 Å². The first-order valence-corrected chi connectivity index (χ1v) is 12.7. The van der Waals surface area contributed by atoms with Gasteiger partial charge in [-0.3, -0.25) is 4.79 Å². The number of hydrogen-bond acceptors (Lipinski definition) is 4. The highest BCUT2D eigenvalue weighted by molar-refractivity contribution is 7.89. The number of hydrogen-bond donors (Lipinski definition) is 2. The molecule has 3 rings (SSSR count). The van der Waals surface area contributed by atoms with Gasteiger partial charge in [0.1, 0.15) is 5.03 Å². The van der Waals surface area contributed by atoms with Gasteiger partial charge in [-0.1, -0.05) is 99.4 Å². The smallest absolute Gasteiger partial charge is 0.242 e. The fourth-order valence-corrected chi connectivity index (χ4v) is 6.41. The maximum Gasteiger partial charge on any atom is 0.242 e. The Hall–Kier alpha value is -0.700. The molecule has 0 aliphatic heterocycles. The molecule has 172 valence electrons. The summed E-state index contributed by atoms with van der Waals surface area (Å²) in [7, 11) is -4.35. The maximum absolute atomic E-state index is 13.3. The van der Waals surface area contributed by atoms with E-state index in [1.807, 2.05) is 13.0 Å². The first-order chi connectivity index (χ1) is 14.7. The Balaban J connectivity index is 2.29. The Morgan fingerprint density at radius 2 is 1.47 bits per heavy atom. The number of alkyl halides is 4. The van der Waals surface area contributed by atoms with E-state index in [9.17, 15) is 13.2 Å². The van der Waals surface area contributed by atoms with Crippen molar-refractivity contribution in [2.75, 3.05) is 5.32 Å². The minimum atomic E-state index is -4.35. The predicted octanol–water partition coefficient (Wildman–Crippen LogP) is 6.01. The molecule has 5 nitrogen and oxygen atoms in total. The largest absolute Gasteiger partial charge is 0.359 e. The second-order valence-electron chi connectivity index (χ2n) is 7.27. The van der Waals surface area contributed by atoms with Crippen molar-refractivity contribution in [3.05, 3.63) is 69.7 Å². The molecule has 0 saturated carbocycles. The molecule has 2 aromatic carbocycles. The number of carbonyl (C=O) groups excluding carboxylic acids is 1. The summed E-state index contributed by atoms with van der Waals surface area (Å²) >= 11 is 38.2. The van der Waals surface area contributed by atoms with Gasteiger partial charge in [-0.05, 0) is 43.7 Å². The molecule has 0 amide bonds. The predicted molar refractivity (Wildman–Crippen MR) is 132 cm³/mol. The zero-order valence-corrected chi connectivity index (χ0v) is 21.9. The van der Waals surface area contributed by atoms with Gasteiger partial charge in [0.15, 0.2) is 5.66 Å². The number of nitrogens with one attached hydrogen (secondary N) is 2. The fraction of sp³-hybridized carbons (Fsp3) is 0.250. The van der Waals surface area contributed by atoms with E-state index in [4.69, 9.17) is 69.6 Å². The van der Waals surface area contributed by atoms with Crippen LogP contribution in [0.5, 0.6) is 0 Å². The molecule has 0 radical (unpaired) electrons. The zero-order valence-electron chi connectivity index (χ0n) is 16.5. The van der Waals surface area contributed by atoms with Crippen LogP contribution in [0.25, 0.3) is 0 Å². The molecule has 0 saturated heterocycles. The third-order valence-corrected chi connectivity index (χ3v) is 9.67. The second kappa shape index (κ2) is 8.82. The second-order valence-corrected chi connectivity index (χ2v) is 12.4. The number of sulfonamides is 1. The van der Waals surface area contributed by atoms with Crippen LogP contribution in [0.4, 0.5) is 5.69 Å². The monoisotopic (exact) mass is 574 g/mol. The molecule has 0 heterocycles. The fourth-order valence-electron chi connectivity index (χ4n) is 3.10. The third-order valence-electron chi connectivity index (χ3n) is 4.84. The van der Waals surface area contributed by atoms with E-state index in [1.54, 1.807) is 37.3 Å². The molecule has 32 heavy (non-hydrogen) atoms. The molecule has 0 bridgehead atoms. The van der Waals surface area contributed by atoms with Crippen molar-refractivity contribution in [3.63, 3.8) is 0 Å². The standard InChI is InChI=1S/C20H16Cl6N2O3S/c1-11-6-8-14(9-7-11)32(30,31)28-19(27-13-5-3-4-12(2)10-13)16(22)15(21)17(29)18(23,24)20(19,25)26/h3-10,27-28H,1-2H3/t19-/m1/s1. The average Bonchev–Trinajstić information content (AvgIpc) is 2.70. The number of allylic oxidation sites excluding steroid dienone is 1. The van der Waals surface area contributed by atoms with Crippen LogP contribution < -0.4 is 10.0 Å². The number of aryl methyl sites for hydroxylation is 2. The van der Waals surface area contributed by atoms with Crippen LogP contribution in [0, 0.1) is 13.8 Å². The quantitative estimate of drug-likeness (QED) is 0.338. The van der Waals surface area contributed by atoms with Gasteiger partial charge in [-0.15, -0.1) is 0 Å². The van der Waals surface area contributed by atoms with E-state index < -0.39 is 40.2 Å². The van der Waals surface area contributed by atoms with E-state index in [2.05, 4.69) is 10.0 Å². The Labute approximate surface area is 216 Å². The molecule has 2 N–H and O–H groups in total. The number of Topliss-reactive ketones (excluding diaryl/α,β-unsaturated/α-hetero) is 1. The molecule has 0 aromatic heterocycles. The zero-order chi connectivity index (χ0) is 24.1. The van der Waals surface area contributed by atoms with Gasteiger partial charge >= 0.3 is 0 Å². The summed E-state index contributed by atoms with van der Waals surface area (Å²) < 4.78 is 23.9. The van der Waals surface area contributed by atoms with Crippen LogP contribution in [-0.4, -0.2) is 28.5 Å². The molecule has 1 aliphatic carbocycles. The third kappa shape index (κ3) is 4.25. The van der Waals surface area contributed by atoms with Crippen molar-refractivity contribution in [2.24, 2.45) is 0 Å². The summed E-state index contributed by atoms with van der Waals surface area (Å²) in [6.07, 6.45) is 0. The van der Waals surface area contributed by atoms with Crippen molar-refractivity contribution >= 4 is 91.1 Å². The number of anilines is 1. The molecule has 0 spiro atoms. The lowest BCUT2D eigenvalue weighted by atomic mass is 9.92. The van der Waals surface area contributed by atoms with Gasteiger partial charge in [-0.25, -0.2) is 8.42 Å². The summed E-state index contributed by atoms with van der Waals surface area (Å²) in [4.78, 5) is 12.5. The molecule has 2 aromatic rings. The average molecular weight is 577 g/mol. The molecule has 12 heteroatoms. The van der Waals surface area contributed by atoms with Crippen LogP contribution in [0.2, 0.25) is 0 Å². The van der Waals surface area contributed by atoms with Gasteiger partial charge in [0.2, 0.25) is 24.5 Å². The lowest BCUT2D eigenvalue weighted by molar-refractivity contribution is -0.116. The van der Waals surface area contributed by atoms with Crippen LogP contribution >= 0.6 is 69.6 Å². The van der Waals surface area contributed by atoms with Crippen molar-refractivity contribution in [2.45, 2.75) is 33.1 Å². The van der Waals surface area contributed by atoms with E-state index in [1.165, 1.54) is 12.1 Å². The summed E-state index contributed by atoms with van der Waals surface area (Å²) in [6.45, 7) is 3.61. The highest BCUT2D eigenvalue weighted by Crippen LogP contribution is 2.58. The number of halogens is 6. The van der Waals surface area contributed by atoms with E-state index in [-0.39, 0.29) is 4.90 Å². The van der Waals surface area contributed by atoms with Crippen molar-refractivity contribution in [1.29, 1.82) is 0 Å². The molecular weight excluding hydrogens is 561 g/mol. The Kier molecular flexibility index (Phi) is 7.14. The Morgan fingerprint density at radius 3 is 2.03 bits per heavy atom. The summed E-state index contributed by atoms with van der Waals surface area (Å²) in [5.41, 5.74) is -0.319. The normalized spacial score (nSPS) is 22.7. The summed E-state index contributed by atoms with van der Waals surface area (Å²) in [5.74, 6) is -1.08. The molecular formula is C20H16Cl6N2O3S. The number of carbonyl (C=O) groups is 1. The maximum atomic E-state index is 13.3. The molecule has 1 atom stereocenters. The van der Waals surface area contributed by atoms with Crippen LogP contribution in [-0.2, 0) is 14.8 Å². The van der Waals surface area contributed by atoms with Crippen molar-refractivity contribution in [1.82, 2.24) is 4.72 Å². The summed E-state index contributed by atoms with van der Waals surface area (Å²) in [5, 5.41) is 1.72. The first kappa shape index (κ1) is 25.9. The highest BCUT2D eigenvalue weighted by Gasteiger charge is 2.71. The SMILES string of the molecule is Cc1ccc(S(=O)(=O)N[C@]2(Nc3cccc(C)c3)C(Cl)=C(Cl)C(=O)C(Cl)(Cl)C2(Cl)Cl)cc1. The number of rotatable bonds is 5. The minimum Gasteiger partial charge on any atom is -0.359 e. The lowest BCUT2D eigenvalue weighted by Gasteiger charge is -2.50. The Bertz CT molecular complexity index is 1210. The van der Waals surface area contributed by atoms with Crippen LogP contribution in [0.1, 0.15) is 11.1 Å². The van der Waals surface area contributed by atoms with Crippen molar-refractivity contribution in [3.8, 4) is 0 Å². The highest BCUT2D eigenvalue weighted by atomic mass is 35.5. The van der Waals surface area contributed by atoms with Crippen molar-refractivity contribution < 1.29 is 13.2 Å². The molecule has 1 aliphatic rings. The number of ketones is 1. The molecule has 0 fully saturated rings. The van der Waals surface area contributed by atoms with Crippen LogP contribution in [0.3, 0.4) is 0 Å². The lowest BCUT2D eigenvalue weighted by Crippen LogP contribution is -2.73. The molecule has 0 unspecified atom stereocenters. The van der Waals surface area contributed by atoms with E-state index in [0.29, 0.717) is 5.69 Å². The topological polar surface area (TPSA) is 75.3 Å². The van der Waals surface area contributed by atoms with Gasteiger partial charge in [0.05, 0.1) is 9.93 Å². The van der Waals surface area contributed by atoms with Gasteiger partial charge in [0, 0.05) is 5.69 Å². The number of benzene rings is 2. The van der Waals surface area contributed by atoms with Crippen LogP contribution in [0.15, 0.2) is 63.5 Å². The summed E-state index contributed by atoms with van der Waals surface area (Å²) in [6, 6.07) is 12.8. The van der Waals surface area contributed by atoms with Gasteiger partial charge in [-0.2, -0.15) is 4.72 Å². The Morgan fingerprint density at radius 1 is 0.875 bits per heavy atom. The van der Waals surface area contributed by atoms with E-state index in [0.717, 1.165) is 11.1 Å². The van der Waals surface area contributed by atoms with E-state index >= 15 is 0 Å². The van der Waals surface area contributed by atoms with Gasteiger partial charge in [0.25, 0.3) is 0 Å².